The summed E-state index contributed by atoms with van der Waals surface area (Å²) in [5, 5.41) is 0. The molecule has 96 valence electrons. The first kappa shape index (κ1) is 14.0. The average Bonchev–Trinajstić information content (AvgIpc) is 2.27. The van der Waals surface area contributed by atoms with E-state index in [0.717, 1.165) is 5.56 Å². The fourth-order valence-corrected chi connectivity index (χ4v) is 1.71. The summed E-state index contributed by atoms with van der Waals surface area (Å²) in [6.07, 6.45) is -4.60. The van der Waals surface area contributed by atoms with Crippen LogP contribution in [0.4, 0.5) is 13.2 Å². The number of hydrogen-bond acceptors (Lipinski definition) is 1. The molecule has 0 aliphatic carbocycles. The maximum absolute atomic E-state index is 12.0. The quantitative estimate of drug-likeness (QED) is 0.757. The Morgan fingerprint density at radius 1 is 1.18 bits per heavy atom. The lowest BCUT2D eigenvalue weighted by Crippen LogP contribution is -2.24. The second kappa shape index (κ2) is 6.05. The van der Waals surface area contributed by atoms with Crippen molar-refractivity contribution >= 4 is 0 Å². The normalized spacial score (nSPS) is 14.0. The van der Waals surface area contributed by atoms with E-state index in [0.29, 0.717) is 6.54 Å². The molecule has 0 saturated heterocycles. The molecule has 1 atom stereocenters. The summed E-state index contributed by atoms with van der Waals surface area (Å²) in [4.78, 5) is 1.95. The Bertz CT molecular complexity index is 321. The third-order valence-electron chi connectivity index (χ3n) is 2.91. The van der Waals surface area contributed by atoms with Crippen LogP contribution in [0.5, 0.6) is 0 Å². The zero-order valence-corrected chi connectivity index (χ0v) is 10.2. The first-order chi connectivity index (χ1) is 7.90. The molecule has 4 heteroatoms. The van der Waals surface area contributed by atoms with Crippen LogP contribution in [0.3, 0.4) is 0 Å². The Balaban J connectivity index is 2.40. The first-order valence-electron chi connectivity index (χ1n) is 5.72. The second-order valence-electron chi connectivity index (χ2n) is 4.29. The van der Waals surface area contributed by atoms with Gasteiger partial charge in [0.25, 0.3) is 0 Å². The molecule has 0 saturated carbocycles. The topological polar surface area (TPSA) is 3.24 Å². The molecule has 1 rings (SSSR count). The van der Waals surface area contributed by atoms with E-state index in [2.05, 4.69) is 0 Å². The van der Waals surface area contributed by atoms with E-state index in [9.17, 15) is 13.2 Å². The molecule has 1 nitrogen and oxygen atoms in total. The fourth-order valence-electron chi connectivity index (χ4n) is 1.71. The Morgan fingerprint density at radius 3 is 2.29 bits per heavy atom. The standard InChI is InChI=1S/C13H18F3N/c1-11(12-7-4-3-5-8-12)17(2)10-6-9-13(14,15)16/h3-5,7-8,11H,6,9-10H2,1-2H3/t11-/m0/s1. The van der Waals surface area contributed by atoms with Gasteiger partial charge in [0.15, 0.2) is 0 Å². The van der Waals surface area contributed by atoms with Crippen molar-refractivity contribution in [2.75, 3.05) is 13.6 Å². The predicted molar refractivity (Wildman–Crippen MR) is 62.8 cm³/mol. The number of alkyl halides is 3. The van der Waals surface area contributed by atoms with Crippen molar-refractivity contribution in [1.29, 1.82) is 0 Å². The minimum atomic E-state index is -4.04. The van der Waals surface area contributed by atoms with Gasteiger partial charge in [0.1, 0.15) is 0 Å². The summed E-state index contributed by atoms with van der Waals surface area (Å²) in [6.45, 7) is 2.46. The molecule has 0 unspecified atom stereocenters. The molecule has 0 bridgehead atoms. The molecule has 0 aromatic heterocycles. The van der Waals surface area contributed by atoms with Crippen LogP contribution in [0, 0.1) is 0 Å². The number of nitrogens with zero attached hydrogens (tertiary/aromatic N) is 1. The minimum Gasteiger partial charge on any atom is -0.300 e. The number of hydrogen-bond donors (Lipinski definition) is 0. The van der Waals surface area contributed by atoms with Gasteiger partial charge in [-0.25, -0.2) is 0 Å². The van der Waals surface area contributed by atoms with Gasteiger partial charge in [0.05, 0.1) is 0 Å². The van der Waals surface area contributed by atoms with E-state index in [1.165, 1.54) is 0 Å². The minimum absolute atomic E-state index is 0.143. The molecule has 0 heterocycles. The lowest BCUT2D eigenvalue weighted by Gasteiger charge is -2.25. The van der Waals surface area contributed by atoms with Gasteiger partial charge in [-0.3, -0.25) is 4.90 Å². The van der Waals surface area contributed by atoms with Crippen molar-refractivity contribution < 1.29 is 13.2 Å². The van der Waals surface area contributed by atoms with E-state index in [1.54, 1.807) is 0 Å². The molecule has 0 fully saturated rings. The molecule has 0 aliphatic rings. The lowest BCUT2D eigenvalue weighted by molar-refractivity contribution is -0.136. The van der Waals surface area contributed by atoms with E-state index >= 15 is 0 Å². The van der Waals surface area contributed by atoms with Gasteiger partial charge in [-0.15, -0.1) is 0 Å². The smallest absolute Gasteiger partial charge is 0.300 e. The average molecular weight is 245 g/mol. The van der Waals surface area contributed by atoms with Gasteiger partial charge in [0.2, 0.25) is 0 Å². The number of benzene rings is 1. The van der Waals surface area contributed by atoms with Gasteiger partial charge in [-0.05, 0) is 32.5 Å². The lowest BCUT2D eigenvalue weighted by atomic mass is 10.1. The van der Waals surface area contributed by atoms with E-state index in [1.807, 2.05) is 49.2 Å². The van der Waals surface area contributed by atoms with Crippen molar-refractivity contribution in [3.63, 3.8) is 0 Å². The van der Waals surface area contributed by atoms with Crippen molar-refractivity contribution in [2.45, 2.75) is 32.0 Å². The van der Waals surface area contributed by atoms with E-state index in [4.69, 9.17) is 0 Å². The van der Waals surface area contributed by atoms with Crippen LogP contribution in [0.1, 0.15) is 31.4 Å². The van der Waals surface area contributed by atoms with Gasteiger partial charge in [-0.2, -0.15) is 13.2 Å². The van der Waals surface area contributed by atoms with Gasteiger partial charge >= 0.3 is 6.18 Å². The predicted octanol–water partition coefficient (Wildman–Crippen LogP) is 4.02. The monoisotopic (exact) mass is 245 g/mol. The summed E-state index contributed by atoms with van der Waals surface area (Å²) >= 11 is 0. The SMILES string of the molecule is C[C@@H](c1ccccc1)N(C)CCCC(F)(F)F. The third kappa shape index (κ3) is 5.22. The highest BCUT2D eigenvalue weighted by Crippen LogP contribution is 2.23. The number of halogens is 3. The van der Waals surface area contributed by atoms with Crippen LogP contribution in [-0.2, 0) is 0 Å². The molecule has 1 aromatic rings. The zero-order valence-electron chi connectivity index (χ0n) is 10.2. The highest BCUT2D eigenvalue weighted by molar-refractivity contribution is 5.18. The molecule has 0 spiro atoms. The molecular weight excluding hydrogens is 227 g/mol. The maximum Gasteiger partial charge on any atom is 0.389 e. The van der Waals surface area contributed by atoms with Crippen LogP contribution in [0.2, 0.25) is 0 Å². The molecule has 0 amide bonds. The summed E-state index contributed by atoms with van der Waals surface area (Å²) < 4.78 is 36.0. The van der Waals surface area contributed by atoms with E-state index in [-0.39, 0.29) is 12.5 Å². The molecule has 17 heavy (non-hydrogen) atoms. The van der Waals surface area contributed by atoms with Crippen LogP contribution in [0.15, 0.2) is 30.3 Å². The van der Waals surface area contributed by atoms with Crippen molar-refractivity contribution in [3.05, 3.63) is 35.9 Å². The molecule has 1 aromatic carbocycles. The summed E-state index contributed by atoms with van der Waals surface area (Å²) in [7, 11) is 1.86. The highest BCUT2D eigenvalue weighted by atomic mass is 19.4. The van der Waals surface area contributed by atoms with Crippen molar-refractivity contribution in [3.8, 4) is 0 Å². The molecule has 0 N–H and O–H groups in total. The highest BCUT2D eigenvalue weighted by Gasteiger charge is 2.26. The van der Waals surface area contributed by atoms with Crippen LogP contribution in [0.25, 0.3) is 0 Å². The first-order valence-corrected chi connectivity index (χ1v) is 5.72. The molecule has 0 radical (unpaired) electrons. The second-order valence-corrected chi connectivity index (χ2v) is 4.29. The molecular formula is C13H18F3N. The van der Waals surface area contributed by atoms with Crippen LogP contribution in [-0.4, -0.2) is 24.7 Å². The van der Waals surface area contributed by atoms with Crippen molar-refractivity contribution in [1.82, 2.24) is 4.90 Å². The summed E-state index contributed by atoms with van der Waals surface area (Å²) in [5.41, 5.74) is 1.13. The maximum atomic E-state index is 12.0. The third-order valence-corrected chi connectivity index (χ3v) is 2.91. The van der Waals surface area contributed by atoms with Gasteiger partial charge in [0, 0.05) is 12.5 Å². The Hall–Kier alpha value is -1.03. The zero-order chi connectivity index (χ0) is 12.9. The largest absolute Gasteiger partial charge is 0.389 e. The fraction of sp³-hybridized carbons (Fsp3) is 0.538. The van der Waals surface area contributed by atoms with Crippen LogP contribution >= 0.6 is 0 Å². The number of rotatable bonds is 5. The van der Waals surface area contributed by atoms with Crippen molar-refractivity contribution in [2.24, 2.45) is 0 Å². The summed E-state index contributed by atoms with van der Waals surface area (Å²) in [6, 6.07) is 9.94. The van der Waals surface area contributed by atoms with Gasteiger partial charge in [-0.1, -0.05) is 30.3 Å². The Morgan fingerprint density at radius 2 is 1.76 bits per heavy atom. The Labute approximate surface area is 100 Å². The van der Waals surface area contributed by atoms with E-state index < -0.39 is 12.6 Å². The Kier molecular flexibility index (Phi) is 5.00. The molecule has 0 aliphatic heterocycles. The van der Waals surface area contributed by atoms with Gasteiger partial charge < -0.3 is 0 Å². The van der Waals surface area contributed by atoms with Crippen LogP contribution < -0.4 is 0 Å². The summed E-state index contributed by atoms with van der Waals surface area (Å²) in [5.74, 6) is 0.